The van der Waals surface area contributed by atoms with Crippen LogP contribution in [0.2, 0.25) is 0 Å². The van der Waals surface area contributed by atoms with Crippen molar-refractivity contribution in [3.05, 3.63) is 35.1 Å². The molecule has 0 amide bonds. The molecule has 0 saturated heterocycles. The van der Waals surface area contributed by atoms with Crippen LogP contribution in [0.15, 0.2) is 18.2 Å². The summed E-state index contributed by atoms with van der Waals surface area (Å²) >= 11 is 1.67. The van der Waals surface area contributed by atoms with Crippen molar-refractivity contribution >= 4 is 17.5 Å². The molecule has 0 heterocycles. The van der Waals surface area contributed by atoms with Crippen molar-refractivity contribution in [2.75, 3.05) is 5.75 Å². The van der Waals surface area contributed by atoms with Gasteiger partial charge < -0.3 is 0 Å². The zero-order valence-electron chi connectivity index (χ0n) is 10.6. The van der Waals surface area contributed by atoms with Gasteiger partial charge in [0.05, 0.1) is 5.75 Å². The number of thioether (sulfide) groups is 1. The second-order valence-electron chi connectivity index (χ2n) is 4.32. The molecule has 0 aliphatic carbocycles. The van der Waals surface area contributed by atoms with Crippen molar-refractivity contribution in [3.63, 3.8) is 0 Å². The molecule has 0 aromatic heterocycles. The first-order chi connectivity index (χ1) is 8.02. The standard InChI is InChI=1S/C14H19FOS/c1-4-11(3)17-9-14(16)8-12-7-13(15)6-5-10(12)2/h5-7,11H,4,8-9H2,1-3H3. The van der Waals surface area contributed by atoms with Gasteiger partial charge in [0.25, 0.3) is 0 Å². The van der Waals surface area contributed by atoms with Gasteiger partial charge in [-0.1, -0.05) is 19.9 Å². The van der Waals surface area contributed by atoms with E-state index in [4.69, 9.17) is 0 Å². The van der Waals surface area contributed by atoms with Gasteiger partial charge in [-0.3, -0.25) is 4.79 Å². The lowest BCUT2D eigenvalue weighted by Gasteiger charge is -2.08. The van der Waals surface area contributed by atoms with Crippen LogP contribution < -0.4 is 0 Å². The molecule has 0 N–H and O–H groups in total. The van der Waals surface area contributed by atoms with Gasteiger partial charge in [-0.15, -0.1) is 0 Å². The molecule has 17 heavy (non-hydrogen) atoms. The van der Waals surface area contributed by atoms with Crippen LogP contribution in [0.3, 0.4) is 0 Å². The van der Waals surface area contributed by atoms with Crippen LogP contribution in [0.1, 0.15) is 31.4 Å². The molecular formula is C14H19FOS. The van der Waals surface area contributed by atoms with Gasteiger partial charge in [-0.25, -0.2) is 4.39 Å². The molecule has 1 rings (SSSR count). The molecule has 1 aromatic rings. The Hall–Kier alpha value is -0.830. The van der Waals surface area contributed by atoms with E-state index in [1.54, 1.807) is 17.8 Å². The van der Waals surface area contributed by atoms with E-state index in [9.17, 15) is 9.18 Å². The average molecular weight is 254 g/mol. The van der Waals surface area contributed by atoms with E-state index < -0.39 is 0 Å². The topological polar surface area (TPSA) is 17.1 Å². The molecule has 1 unspecified atom stereocenters. The summed E-state index contributed by atoms with van der Waals surface area (Å²) in [6, 6.07) is 4.61. The lowest BCUT2D eigenvalue weighted by Crippen LogP contribution is -2.09. The first kappa shape index (κ1) is 14.2. The van der Waals surface area contributed by atoms with E-state index in [0.29, 0.717) is 17.4 Å². The van der Waals surface area contributed by atoms with Gasteiger partial charge in [0.2, 0.25) is 0 Å². The first-order valence-electron chi connectivity index (χ1n) is 5.91. The van der Waals surface area contributed by atoms with E-state index in [0.717, 1.165) is 17.5 Å². The van der Waals surface area contributed by atoms with E-state index in [1.807, 2.05) is 6.92 Å². The lowest BCUT2D eigenvalue weighted by atomic mass is 10.0. The molecule has 0 fully saturated rings. The highest BCUT2D eigenvalue weighted by Crippen LogP contribution is 2.16. The Labute approximate surface area is 107 Å². The summed E-state index contributed by atoms with van der Waals surface area (Å²) in [5.41, 5.74) is 1.79. The number of aryl methyl sites for hydroxylation is 1. The van der Waals surface area contributed by atoms with Crippen LogP contribution in [-0.4, -0.2) is 16.8 Å². The third-order valence-corrected chi connectivity index (χ3v) is 4.19. The fourth-order valence-corrected chi connectivity index (χ4v) is 2.26. The number of hydrogen-bond acceptors (Lipinski definition) is 2. The summed E-state index contributed by atoms with van der Waals surface area (Å²) < 4.78 is 13.0. The predicted octanol–water partition coefficient (Wildman–Crippen LogP) is 3.78. The van der Waals surface area contributed by atoms with Gasteiger partial charge in [0.15, 0.2) is 0 Å². The smallest absolute Gasteiger partial charge is 0.147 e. The van der Waals surface area contributed by atoms with Crippen LogP contribution in [0, 0.1) is 12.7 Å². The van der Waals surface area contributed by atoms with Crippen LogP contribution in [-0.2, 0) is 11.2 Å². The second-order valence-corrected chi connectivity index (χ2v) is 5.74. The highest BCUT2D eigenvalue weighted by Gasteiger charge is 2.09. The number of ketones is 1. The fourth-order valence-electron chi connectivity index (χ4n) is 1.45. The van der Waals surface area contributed by atoms with E-state index >= 15 is 0 Å². The molecule has 94 valence electrons. The van der Waals surface area contributed by atoms with Gasteiger partial charge in [-0.2, -0.15) is 11.8 Å². The normalized spacial score (nSPS) is 12.5. The Bertz CT molecular complexity index is 390. The Morgan fingerprint density at radius 1 is 1.47 bits per heavy atom. The highest BCUT2D eigenvalue weighted by atomic mass is 32.2. The van der Waals surface area contributed by atoms with Crippen LogP contribution >= 0.6 is 11.8 Å². The minimum Gasteiger partial charge on any atom is -0.298 e. The SMILES string of the molecule is CCC(C)SCC(=O)Cc1cc(F)ccc1C. The maximum Gasteiger partial charge on any atom is 0.147 e. The first-order valence-corrected chi connectivity index (χ1v) is 6.96. The van der Waals surface area contributed by atoms with Crippen LogP contribution in [0.4, 0.5) is 4.39 Å². The molecule has 0 saturated carbocycles. The van der Waals surface area contributed by atoms with E-state index in [1.165, 1.54) is 12.1 Å². The second kappa shape index (κ2) is 6.80. The summed E-state index contributed by atoms with van der Waals surface area (Å²) in [7, 11) is 0. The summed E-state index contributed by atoms with van der Waals surface area (Å²) in [6.45, 7) is 6.13. The van der Waals surface area contributed by atoms with Crippen molar-refractivity contribution < 1.29 is 9.18 Å². The van der Waals surface area contributed by atoms with Crippen molar-refractivity contribution in [2.45, 2.75) is 38.9 Å². The molecule has 1 aromatic carbocycles. The molecular weight excluding hydrogens is 235 g/mol. The third kappa shape index (κ3) is 4.90. The fraction of sp³-hybridized carbons (Fsp3) is 0.500. The largest absolute Gasteiger partial charge is 0.298 e. The molecule has 1 nitrogen and oxygen atoms in total. The maximum atomic E-state index is 13.0. The molecule has 0 spiro atoms. The predicted molar refractivity (Wildman–Crippen MR) is 72.1 cm³/mol. The van der Waals surface area contributed by atoms with Crippen LogP contribution in [0.5, 0.6) is 0 Å². The highest BCUT2D eigenvalue weighted by molar-refractivity contribution is 8.00. The third-order valence-electron chi connectivity index (χ3n) is 2.80. The Morgan fingerprint density at radius 2 is 2.18 bits per heavy atom. The van der Waals surface area contributed by atoms with Crippen molar-refractivity contribution in [1.29, 1.82) is 0 Å². The average Bonchev–Trinajstić information content (AvgIpc) is 2.30. The van der Waals surface area contributed by atoms with Gasteiger partial charge in [0.1, 0.15) is 11.6 Å². The quantitative estimate of drug-likeness (QED) is 0.768. The number of carbonyl (C=O) groups excluding carboxylic acids is 1. The number of halogens is 1. The Morgan fingerprint density at radius 3 is 2.82 bits per heavy atom. The molecule has 3 heteroatoms. The maximum absolute atomic E-state index is 13.0. The minimum absolute atomic E-state index is 0.170. The van der Waals surface area contributed by atoms with Crippen molar-refractivity contribution in [2.24, 2.45) is 0 Å². The van der Waals surface area contributed by atoms with E-state index in [-0.39, 0.29) is 11.6 Å². The lowest BCUT2D eigenvalue weighted by molar-refractivity contribution is -0.116. The summed E-state index contributed by atoms with van der Waals surface area (Å²) in [4.78, 5) is 11.8. The van der Waals surface area contributed by atoms with Gasteiger partial charge >= 0.3 is 0 Å². The molecule has 0 bridgehead atoms. The van der Waals surface area contributed by atoms with Crippen molar-refractivity contribution in [1.82, 2.24) is 0 Å². The van der Waals surface area contributed by atoms with Crippen LogP contribution in [0.25, 0.3) is 0 Å². The number of benzene rings is 1. The summed E-state index contributed by atoms with van der Waals surface area (Å²) in [5, 5.41) is 0.507. The Balaban J connectivity index is 2.53. The number of carbonyl (C=O) groups is 1. The molecule has 0 aliphatic rings. The molecule has 0 aliphatic heterocycles. The number of rotatable bonds is 6. The monoisotopic (exact) mass is 254 g/mol. The van der Waals surface area contributed by atoms with E-state index in [2.05, 4.69) is 13.8 Å². The zero-order chi connectivity index (χ0) is 12.8. The van der Waals surface area contributed by atoms with Gasteiger partial charge in [0, 0.05) is 11.7 Å². The number of hydrogen-bond donors (Lipinski definition) is 0. The molecule has 0 radical (unpaired) electrons. The summed E-state index contributed by atoms with van der Waals surface area (Å²) in [5.74, 6) is 0.419. The van der Waals surface area contributed by atoms with Crippen molar-refractivity contribution in [3.8, 4) is 0 Å². The minimum atomic E-state index is -0.270. The number of Topliss-reactive ketones (excluding diaryl/α,β-unsaturated/α-hetero) is 1. The van der Waals surface area contributed by atoms with Gasteiger partial charge in [-0.05, 0) is 36.6 Å². The summed E-state index contributed by atoms with van der Waals surface area (Å²) in [6.07, 6.45) is 1.41. The zero-order valence-corrected chi connectivity index (χ0v) is 11.4. The Kier molecular flexibility index (Phi) is 5.69. The molecule has 1 atom stereocenters.